The van der Waals surface area contributed by atoms with E-state index in [1.807, 2.05) is 11.8 Å². The Kier molecular flexibility index (Phi) is 7.32. The minimum absolute atomic E-state index is 0.0252. The van der Waals surface area contributed by atoms with Gasteiger partial charge in [-0.15, -0.1) is 0 Å². The second kappa shape index (κ2) is 7.70. The van der Waals surface area contributed by atoms with Crippen LogP contribution < -0.4 is 11.1 Å². The van der Waals surface area contributed by atoms with Crippen molar-refractivity contribution in [2.45, 2.75) is 20.3 Å². The van der Waals surface area contributed by atoms with Gasteiger partial charge in [-0.25, -0.2) is 0 Å². The van der Waals surface area contributed by atoms with Crippen LogP contribution in [0.15, 0.2) is 0 Å². The summed E-state index contributed by atoms with van der Waals surface area (Å²) in [5.74, 6) is 0.0252. The molecule has 5 heteroatoms. The number of nitrogens with two attached hydrogens (primary N) is 1. The summed E-state index contributed by atoms with van der Waals surface area (Å²) in [4.78, 5) is 13.7. The molecule has 0 aromatic carbocycles. The molecule has 0 unspecified atom stereocenters. The molecular weight excluding hydrogens is 198 g/mol. The van der Waals surface area contributed by atoms with Crippen LogP contribution in [-0.4, -0.2) is 42.0 Å². The number of hydrogen-bond donors (Lipinski definition) is 2. The summed E-state index contributed by atoms with van der Waals surface area (Å²) < 4.78 is 0. The standard InChI is InChI=1S/C9H19N3OS/c1-3-5-12(6-8(10)14)7-9(13)11-4-2/h3-7H2,1-2H3,(H2,10,14)(H,11,13). The molecule has 0 rings (SSSR count). The molecular formula is C9H19N3OS. The van der Waals surface area contributed by atoms with Gasteiger partial charge < -0.3 is 11.1 Å². The van der Waals surface area contributed by atoms with E-state index in [1.54, 1.807) is 0 Å². The first kappa shape index (κ1) is 13.3. The first-order chi connectivity index (χ1) is 6.60. The van der Waals surface area contributed by atoms with Crippen LogP contribution in [0.1, 0.15) is 20.3 Å². The lowest BCUT2D eigenvalue weighted by Crippen LogP contribution is -2.41. The first-order valence-corrected chi connectivity index (χ1v) is 5.28. The maximum atomic E-state index is 11.3. The molecule has 4 nitrogen and oxygen atoms in total. The van der Waals surface area contributed by atoms with Gasteiger partial charge in [0, 0.05) is 13.1 Å². The van der Waals surface area contributed by atoms with Gasteiger partial charge in [-0.05, 0) is 19.9 Å². The first-order valence-electron chi connectivity index (χ1n) is 4.87. The van der Waals surface area contributed by atoms with Gasteiger partial charge in [0.15, 0.2) is 0 Å². The molecule has 0 aromatic heterocycles. The fourth-order valence-corrected chi connectivity index (χ4v) is 1.39. The predicted octanol–water partition coefficient (Wildman–Crippen LogP) is 0.121. The van der Waals surface area contributed by atoms with Crippen molar-refractivity contribution in [3.8, 4) is 0 Å². The smallest absolute Gasteiger partial charge is 0.234 e. The molecule has 0 aromatic rings. The Hall–Kier alpha value is -0.680. The number of amides is 1. The monoisotopic (exact) mass is 217 g/mol. The topological polar surface area (TPSA) is 58.4 Å². The Balaban J connectivity index is 3.94. The second-order valence-electron chi connectivity index (χ2n) is 3.13. The maximum absolute atomic E-state index is 11.3. The molecule has 0 spiro atoms. The number of likely N-dealkylation sites (N-methyl/N-ethyl adjacent to an activating group) is 1. The Labute approximate surface area is 90.8 Å². The molecule has 0 heterocycles. The fourth-order valence-electron chi connectivity index (χ4n) is 1.21. The van der Waals surface area contributed by atoms with E-state index in [0.717, 1.165) is 13.0 Å². The Bertz CT molecular complexity index is 196. The van der Waals surface area contributed by atoms with E-state index >= 15 is 0 Å². The predicted molar refractivity (Wildman–Crippen MR) is 62.2 cm³/mol. The van der Waals surface area contributed by atoms with Crippen molar-refractivity contribution in [3.05, 3.63) is 0 Å². The van der Waals surface area contributed by atoms with Crippen molar-refractivity contribution in [3.63, 3.8) is 0 Å². The molecule has 0 aliphatic carbocycles. The van der Waals surface area contributed by atoms with E-state index in [-0.39, 0.29) is 5.91 Å². The summed E-state index contributed by atoms with van der Waals surface area (Å²) in [5, 5.41) is 2.74. The van der Waals surface area contributed by atoms with Crippen molar-refractivity contribution < 1.29 is 4.79 Å². The number of thiocarbonyl (C=S) groups is 1. The van der Waals surface area contributed by atoms with E-state index in [2.05, 4.69) is 12.2 Å². The van der Waals surface area contributed by atoms with Crippen LogP contribution in [0.4, 0.5) is 0 Å². The third kappa shape index (κ3) is 6.80. The Morgan fingerprint density at radius 2 is 2.07 bits per heavy atom. The summed E-state index contributed by atoms with van der Waals surface area (Å²) in [5.41, 5.74) is 5.43. The van der Waals surface area contributed by atoms with Gasteiger partial charge >= 0.3 is 0 Å². The van der Waals surface area contributed by atoms with E-state index in [1.165, 1.54) is 0 Å². The summed E-state index contributed by atoms with van der Waals surface area (Å²) in [6, 6.07) is 0. The highest BCUT2D eigenvalue weighted by atomic mass is 32.1. The molecule has 0 saturated carbocycles. The molecule has 82 valence electrons. The highest BCUT2D eigenvalue weighted by molar-refractivity contribution is 7.80. The summed E-state index contributed by atoms with van der Waals surface area (Å²) >= 11 is 4.81. The van der Waals surface area contributed by atoms with E-state index < -0.39 is 0 Å². The number of rotatable bonds is 7. The van der Waals surface area contributed by atoms with Gasteiger partial charge in [-0.1, -0.05) is 19.1 Å². The van der Waals surface area contributed by atoms with Crippen molar-refractivity contribution in [2.75, 3.05) is 26.2 Å². The van der Waals surface area contributed by atoms with Gasteiger partial charge in [-0.3, -0.25) is 9.69 Å². The van der Waals surface area contributed by atoms with Gasteiger partial charge in [0.05, 0.1) is 11.5 Å². The number of hydrogen-bond acceptors (Lipinski definition) is 3. The van der Waals surface area contributed by atoms with Gasteiger partial charge in [0.1, 0.15) is 0 Å². The molecule has 3 N–H and O–H groups in total. The minimum Gasteiger partial charge on any atom is -0.392 e. The molecule has 0 bridgehead atoms. The van der Waals surface area contributed by atoms with Crippen molar-refractivity contribution in [1.82, 2.24) is 10.2 Å². The van der Waals surface area contributed by atoms with Crippen molar-refractivity contribution >= 4 is 23.1 Å². The molecule has 0 aliphatic heterocycles. The summed E-state index contributed by atoms with van der Waals surface area (Å²) in [6.07, 6.45) is 0.988. The van der Waals surface area contributed by atoms with E-state index in [9.17, 15) is 4.79 Å². The van der Waals surface area contributed by atoms with Crippen LogP contribution in [0.3, 0.4) is 0 Å². The fraction of sp³-hybridized carbons (Fsp3) is 0.778. The second-order valence-corrected chi connectivity index (χ2v) is 3.65. The maximum Gasteiger partial charge on any atom is 0.234 e. The van der Waals surface area contributed by atoms with Gasteiger partial charge in [0.25, 0.3) is 0 Å². The van der Waals surface area contributed by atoms with Crippen molar-refractivity contribution in [2.24, 2.45) is 5.73 Å². The van der Waals surface area contributed by atoms with Crippen LogP contribution in [-0.2, 0) is 4.79 Å². The third-order valence-electron chi connectivity index (χ3n) is 1.66. The normalized spacial score (nSPS) is 10.2. The summed E-state index contributed by atoms with van der Waals surface area (Å²) in [6.45, 7) is 6.35. The van der Waals surface area contributed by atoms with Crippen LogP contribution >= 0.6 is 12.2 Å². The summed E-state index contributed by atoms with van der Waals surface area (Å²) in [7, 11) is 0. The minimum atomic E-state index is 0.0252. The Morgan fingerprint density at radius 3 is 2.50 bits per heavy atom. The highest BCUT2D eigenvalue weighted by Gasteiger charge is 2.09. The largest absolute Gasteiger partial charge is 0.392 e. The zero-order valence-corrected chi connectivity index (χ0v) is 9.69. The average Bonchev–Trinajstić information content (AvgIpc) is 2.03. The zero-order valence-electron chi connectivity index (χ0n) is 8.88. The number of carbonyl (C=O) groups is 1. The highest BCUT2D eigenvalue weighted by Crippen LogP contribution is 1.91. The lowest BCUT2D eigenvalue weighted by atomic mass is 10.3. The van der Waals surface area contributed by atoms with Gasteiger partial charge in [0.2, 0.25) is 5.91 Å². The molecule has 0 aliphatic rings. The van der Waals surface area contributed by atoms with Crippen molar-refractivity contribution in [1.29, 1.82) is 0 Å². The van der Waals surface area contributed by atoms with Crippen LogP contribution in [0.25, 0.3) is 0 Å². The average molecular weight is 217 g/mol. The van der Waals surface area contributed by atoms with E-state index in [0.29, 0.717) is 24.6 Å². The molecule has 0 fully saturated rings. The quantitative estimate of drug-likeness (QED) is 0.595. The number of carbonyl (C=O) groups excluding carboxylic acids is 1. The Morgan fingerprint density at radius 1 is 1.43 bits per heavy atom. The van der Waals surface area contributed by atoms with Crippen LogP contribution in [0.2, 0.25) is 0 Å². The zero-order chi connectivity index (χ0) is 11.0. The van der Waals surface area contributed by atoms with Crippen LogP contribution in [0.5, 0.6) is 0 Å². The molecule has 1 amide bonds. The van der Waals surface area contributed by atoms with E-state index in [4.69, 9.17) is 18.0 Å². The van der Waals surface area contributed by atoms with Gasteiger partial charge in [-0.2, -0.15) is 0 Å². The number of nitrogens with one attached hydrogen (secondary N) is 1. The molecule has 14 heavy (non-hydrogen) atoms. The molecule has 0 radical (unpaired) electrons. The SMILES string of the molecule is CCCN(CC(=O)NCC)CC(N)=S. The third-order valence-corrected chi connectivity index (χ3v) is 1.79. The molecule has 0 saturated heterocycles. The van der Waals surface area contributed by atoms with Crippen LogP contribution in [0, 0.1) is 0 Å². The lowest BCUT2D eigenvalue weighted by molar-refractivity contribution is -0.121. The lowest BCUT2D eigenvalue weighted by Gasteiger charge is -2.19. The number of nitrogens with zero attached hydrogens (tertiary/aromatic N) is 1. The molecule has 0 atom stereocenters.